The molecule has 0 bridgehead atoms. The van der Waals surface area contributed by atoms with E-state index in [0.717, 1.165) is 37.9 Å². The van der Waals surface area contributed by atoms with Crippen molar-refractivity contribution in [3.63, 3.8) is 0 Å². The second kappa shape index (κ2) is 9.93. The van der Waals surface area contributed by atoms with Gasteiger partial charge in [0.25, 0.3) is 0 Å². The Hall–Kier alpha value is -2.81. The molecule has 0 saturated carbocycles. The zero-order valence-electron chi connectivity index (χ0n) is 16.6. The summed E-state index contributed by atoms with van der Waals surface area (Å²) >= 11 is 0. The van der Waals surface area contributed by atoms with E-state index >= 15 is 0 Å². The Morgan fingerprint density at radius 3 is 2.57 bits per heavy atom. The molecule has 0 heterocycles. The molecule has 3 rings (SSSR count). The molecule has 0 unspecified atom stereocenters. The number of ether oxygens (including phenoxy) is 2. The second-order valence-corrected chi connectivity index (χ2v) is 7.22. The van der Waals surface area contributed by atoms with Gasteiger partial charge in [0, 0.05) is 5.57 Å². The average molecular weight is 376 g/mol. The van der Waals surface area contributed by atoms with E-state index in [4.69, 9.17) is 9.47 Å². The van der Waals surface area contributed by atoms with E-state index in [1.807, 2.05) is 0 Å². The van der Waals surface area contributed by atoms with Gasteiger partial charge in [-0.15, -0.1) is 0 Å². The molecule has 0 aliphatic heterocycles. The number of carbonyl (C=O) groups is 1. The summed E-state index contributed by atoms with van der Waals surface area (Å²) in [5, 5.41) is 0. The number of benzene rings is 2. The first kappa shape index (κ1) is 19.9. The molecule has 0 radical (unpaired) electrons. The van der Waals surface area contributed by atoms with Crippen molar-refractivity contribution < 1.29 is 14.3 Å². The number of fused-ring (bicyclic) bond motifs is 1. The van der Waals surface area contributed by atoms with E-state index < -0.39 is 0 Å². The third kappa shape index (κ3) is 5.59. The molecular weight excluding hydrogens is 348 g/mol. The van der Waals surface area contributed by atoms with Crippen LogP contribution in [-0.4, -0.2) is 19.2 Å². The highest BCUT2D eigenvalue weighted by Crippen LogP contribution is 2.32. The first-order valence-electron chi connectivity index (χ1n) is 9.98. The zero-order chi connectivity index (χ0) is 19.8. The normalized spacial score (nSPS) is 12.7. The van der Waals surface area contributed by atoms with Gasteiger partial charge in [-0.3, -0.25) is 0 Å². The maximum Gasteiger partial charge on any atom is 0.333 e. The molecule has 146 valence electrons. The van der Waals surface area contributed by atoms with Crippen LogP contribution in [0.5, 0.6) is 5.75 Å². The van der Waals surface area contributed by atoms with Crippen LogP contribution < -0.4 is 4.74 Å². The Bertz CT molecular complexity index is 849. The number of hydrogen-bond acceptors (Lipinski definition) is 3. The maximum atomic E-state index is 11.3. The van der Waals surface area contributed by atoms with Crippen LogP contribution in [-0.2, 0) is 16.0 Å². The standard InChI is InChI=1S/C25H28O3/c1-19(2)25(26)28-16-8-4-7-15-27-24-14-13-22-17-21(11-12-23(22)18-24)20-9-5-3-6-10-20/h3,5-6,9-10,13-14,17-18H,1,4,7-8,11-12,15-16H2,2H3. The lowest BCUT2D eigenvalue weighted by Crippen LogP contribution is -2.06. The van der Waals surface area contributed by atoms with Crippen molar-refractivity contribution in [2.45, 2.75) is 39.0 Å². The quantitative estimate of drug-likeness (QED) is 0.313. The predicted octanol–water partition coefficient (Wildman–Crippen LogP) is 5.84. The fourth-order valence-corrected chi connectivity index (χ4v) is 3.30. The fraction of sp³-hybridized carbons (Fsp3) is 0.320. The summed E-state index contributed by atoms with van der Waals surface area (Å²) in [7, 11) is 0. The second-order valence-electron chi connectivity index (χ2n) is 7.22. The topological polar surface area (TPSA) is 35.5 Å². The molecule has 0 spiro atoms. The van der Waals surface area contributed by atoms with Gasteiger partial charge in [-0.1, -0.05) is 49.1 Å². The van der Waals surface area contributed by atoms with E-state index in [1.165, 1.54) is 22.3 Å². The number of esters is 1. The van der Waals surface area contributed by atoms with Crippen LogP contribution in [0.25, 0.3) is 11.6 Å². The molecule has 2 aromatic rings. The highest BCUT2D eigenvalue weighted by Gasteiger charge is 2.12. The van der Waals surface area contributed by atoms with E-state index in [-0.39, 0.29) is 5.97 Å². The van der Waals surface area contributed by atoms with Crippen molar-refractivity contribution in [3.05, 3.63) is 77.4 Å². The molecule has 0 amide bonds. The van der Waals surface area contributed by atoms with Gasteiger partial charge in [0.1, 0.15) is 5.75 Å². The van der Waals surface area contributed by atoms with Crippen LogP contribution in [0.3, 0.4) is 0 Å². The number of aryl methyl sites for hydroxylation is 1. The van der Waals surface area contributed by atoms with Gasteiger partial charge in [0.2, 0.25) is 0 Å². The maximum absolute atomic E-state index is 11.3. The van der Waals surface area contributed by atoms with E-state index in [9.17, 15) is 4.79 Å². The van der Waals surface area contributed by atoms with E-state index in [2.05, 4.69) is 61.2 Å². The Kier molecular flexibility index (Phi) is 7.07. The van der Waals surface area contributed by atoms with Gasteiger partial charge >= 0.3 is 5.97 Å². The Morgan fingerprint density at radius 1 is 1.00 bits per heavy atom. The lowest BCUT2D eigenvalue weighted by Gasteiger charge is -2.18. The SMILES string of the molecule is C=C(C)C(=O)OCCCCCOc1ccc2c(c1)CCC(c1ccccc1)=C2. The summed E-state index contributed by atoms with van der Waals surface area (Å²) in [6.07, 6.45) is 7.16. The highest BCUT2D eigenvalue weighted by atomic mass is 16.5. The molecule has 3 nitrogen and oxygen atoms in total. The largest absolute Gasteiger partial charge is 0.494 e. The van der Waals surface area contributed by atoms with Crippen molar-refractivity contribution in [1.29, 1.82) is 0 Å². The summed E-state index contributed by atoms with van der Waals surface area (Å²) < 4.78 is 11.0. The molecular formula is C25H28O3. The molecule has 0 aromatic heterocycles. The molecule has 28 heavy (non-hydrogen) atoms. The minimum Gasteiger partial charge on any atom is -0.494 e. The van der Waals surface area contributed by atoms with Gasteiger partial charge in [-0.25, -0.2) is 4.79 Å². The van der Waals surface area contributed by atoms with Gasteiger partial charge in [-0.2, -0.15) is 0 Å². The first-order valence-corrected chi connectivity index (χ1v) is 9.98. The molecule has 0 atom stereocenters. The minimum absolute atomic E-state index is 0.310. The summed E-state index contributed by atoms with van der Waals surface area (Å²) in [6, 6.07) is 17.0. The van der Waals surface area contributed by atoms with Crippen LogP contribution in [0.4, 0.5) is 0 Å². The van der Waals surface area contributed by atoms with Crippen molar-refractivity contribution in [1.82, 2.24) is 0 Å². The highest BCUT2D eigenvalue weighted by molar-refractivity contribution is 5.87. The molecule has 0 N–H and O–H groups in total. The third-order valence-corrected chi connectivity index (χ3v) is 4.89. The number of hydrogen-bond donors (Lipinski definition) is 0. The first-order chi connectivity index (χ1) is 13.6. The summed E-state index contributed by atoms with van der Waals surface area (Å²) in [5.41, 5.74) is 5.79. The van der Waals surface area contributed by atoms with Crippen LogP contribution in [0.15, 0.2) is 60.7 Å². The average Bonchev–Trinajstić information content (AvgIpc) is 2.73. The lowest BCUT2D eigenvalue weighted by atomic mass is 9.88. The predicted molar refractivity (Wildman–Crippen MR) is 114 cm³/mol. The van der Waals surface area contributed by atoms with Crippen molar-refractivity contribution >= 4 is 17.6 Å². The summed E-state index contributed by atoms with van der Waals surface area (Å²) in [4.78, 5) is 11.3. The van der Waals surface area contributed by atoms with Crippen LogP contribution in [0.2, 0.25) is 0 Å². The van der Waals surface area contributed by atoms with E-state index in [0.29, 0.717) is 18.8 Å². The van der Waals surface area contributed by atoms with Crippen LogP contribution in [0.1, 0.15) is 49.3 Å². The van der Waals surface area contributed by atoms with Gasteiger partial charge in [-0.05, 0) is 73.4 Å². The van der Waals surface area contributed by atoms with Gasteiger partial charge in [0.15, 0.2) is 0 Å². The summed E-state index contributed by atoms with van der Waals surface area (Å²) in [5.74, 6) is 0.624. The molecule has 3 heteroatoms. The Morgan fingerprint density at radius 2 is 1.79 bits per heavy atom. The van der Waals surface area contributed by atoms with Crippen LogP contribution in [0, 0.1) is 0 Å². The number of unbranched alkanes of at least 4 members (excludes halogenated alkanes) is 2. The lowest BCUT2D eigenvalue weighted by molar-refractivity contribution is -0.139. The Labute approximate surface area is 167 Å². The molecule has 0 fully saturated rings. The number of allylic oxidation sites excluding steroid dienone is 1. The van der Waals surface area contributed by atoms with Crippen molar-refractivity contribution in [2.24, 2.45) is 0 Å². The smallest absolute Gasteiger partial charge is 0.333 e. The summed E-state index contributed by atoms with van der Waals surface area (Å²) in [6.45, 7) is 6.35. The monoisotopic (exact) mass is 376 g/mol. The minimum atomic E-state index is -0.310. The van der Waals surface area contributed by atoms with Crippen LogP contribution >= 0.6 is 0 Å². The third-order valence-electron chi connectivity index (χ3n) is 4.89. The Balaban J connectivity index is 1.43. The van der Waals surface area contributed by atoms with Gasteiger partial charge in [0.05, 0.1) is 13.2 Å². The molecule has 1 aliphatic rings. The molecule has 0 saturated heterocycles. The van der Waals surface area contributed by atoms with Crippen molar-refractivity contribution in [3.8, 4) is 5.75 Å². The van der Waals surface area contributed by atoms with Gasteiger partial charge < -0.3 is 9.47 Å². The fourth-order valence-electron chi connectivity index (χ4n) is 3.30. The number of rotatable bonds is 9. The molecule has 1 aliphatic carbocycles. The molecule has 2 aromatic carbocycles. The number of carbonyl (C=O) groups excluding carboxylic acids is 1. The van der Waals surface area contributed by atoms with Crippen molar-refractivity contribution in [2.75, 3.05) is 13.2 Å². The zero-order valence-corrected chi connectivity index (χ0v) is 16.6. The van der Waals surface area contributed by atoms with E-state index in [1.54, 1.807) is 6.92 Å².